The predicted octanol–water partition coefficient (Wildman–Crippen LogP) is 2.22. The van der Waals surface area contributed by atoms with E-state index in [1.165, 1.54) is 5.56 Å². The third-order valence-corrected chi connectivity index (χ3v) is 2.12. The van der Waals surface area contributed by atoms with E-state index in [1.807, 2.05) is 24.0 Å². The Kier molecular flexibility index (Phi) is 2.23. The topological polar surface area (TPSA) is 29.9 Å². The van der Waals surface area contributed by atoms with Crippen LogP contribution in [0.25, 0.3) is 5.69 Å². The number of nitrogens with zero attached hydrogens (tertiary/aromatic N) is 2. The van der Waals surface area contributed by atoms with Crippen LogP contribution in [-0.2, 0) is 0 Å². The van der Waals surface area contributed by atoms with Gasteiger partial charge in [-0.3, -0.25) is 0 Å². The lowest BCUT2D eigenvalue weighted by molar-refractivity contribution is 0.879. The summed E-state index contributed by atoms with van der Waals surface area (Å²) in [7, 11) is 1.92. The number of anilines is 1. The zero-order chi connectivity index (χ0) is 9.97. The minimum Gasteiger partial charge on any atom is -0.388 e. The molecule has 0 radical (unpaired) electrons. The monoisotopic (exact) mass is 187 g/mol. The van der Waals surface area contributed by atoms with Crippen LogP contribution in [0.3, 0.4) is 0 Å². The molecule has 3 heteroatoms. The average Bonchev–Trinajstić information content (AvgIpc) is 2.69. The Hall–Kier alpha value is -1.77. The summed E-state index contributed by atoms with van der Waals surface area (Å²) in [5.74, 6) is 0. The number of nitrogens with one attached hydrogen (secondary N) is 1. The summed E-state index contributed by atoms with van der Waals surface area (Å²) in [6, 6.07) is 8.20. The van der Waals surface area contributed by atoms with Crippen molar-refractivity contribution in [3.63, 3.8) is 0 Å². The Morgan fingerprint density at radius 1 is 1.29 bits per heavy atom. The fourth-order valence-corrected chi connectivity index (χ4v) is 1.46. The minimum absolute atomic E-state index is 1.08. The van der Waals surface area contributed by atoms with Crippen LogP contribution in [0.1, 0.15) is 5.56 Å². The average molecular weight is 187 g/mol. The van der Waals surface area contributed by atoms with Crippen molar-refractivity contribution in [3.05, 3.63) is 42.2 Å². The molecule has 0 fully saturated rings. The molecule has 0 aliphatic rings. The number of rotatable bonds is 2. The summed E-state index contributed by atoms with van der Waals surface area (Å²) in [5, 5.41) is 7.32. The van der Waals surface area contributed by atoms with Gasteiger partial charge in [0.1, 0.15) is 0 Å². The summed E-state index contributed by atoms with van der Waals surface area (Å²) < 4.78 is 1.86. The molecule has 0 unspecified atom stereocenters. The lowest BCUT2D eigenvalue weighted by atomic mass is 10.2. The first-order valence-electron chi connectivity index (χ1n) is 4.59. The van der Waals surface area contributed by atoms with Gasteiger partial charge in [-0.2, -0.15) is 5.10 Å². The van der Waals surface area contributed by atoms with Crippen molar-refractivity contribution in [2.75, 3.05) is 12.4 Å². The van der Waals surface area contributed by atoms with Crippen LogP contribution in [0.15, 0.2) is 36.7 Å². The molecule has 3 nitrogen and oxygen atoms in total. The largest absolute Gasteiger partial charge is 0.388 e. The SMILES string of the molecule is CNc1cc(C)cc(-n2cccn2)c1. The van der Waals surface area contributed by atoms with E-state index in [4.69, 9.17) is 0 Å². The summed E-state index contributed by atoms with van der Waals surface area (Å²) in [6.07, 6.45) is 3.72. The maximum atomic E-state index is 4.19. The van der Waals surface area contributed by atoms with Gasteiger partial charge in [-0.25, -0.2) is 4.68 Å². The van der Waals surface area contributed by atoms with Crippen LogP contribution in [-0.4, -0.2) is 16.8 Å². The predicted molar refractivity (Wildman–Crippen MR) is 57.8 cm³/mol. The van der Waals surface area contributed by atoms with Gasteiger partial charge in [-0.1, -0.05) is 0 Å². The molecule has 1 aromatic heterocycles. The molecule has 0 spiro atoms. The zero-order valence-electron chi connectivity index (χ0n) is 8.36. The third kappa shape index (κ3) is 1.62. The van der Waals surface area contributed by atoms with E-state index in [1.54, 1.807) is 6.20 Å². The quantitative estimate of drug-likeness (QED) is 0.781. The Bertz CT molecular complexity index is 418. The van der Waals surface area contributed by atoms with Gasteiger partial charge in [0.2, 0.25) is 0 Å². The number of hydrogen-bond donors (Lipinski definition) is 1. The van der Waals surface area contributed by atoms with E-state index >= 15 is 0 Å². The Morgan fingerprint density at radius 3 is 2.79 bits per heavy atom. The zero-order valence-corrected chi connectivity index (χ0v) is 8.36. The Labute approximate surface area is 83.4 Å². The normalized spacial score (nSPS) is 10.1. The van der Waals surface area contributed by atoms with Gasteiger partial charge in [-0.05, 0) is 36.8 Å². The van der Waals surface area contributed by atoms with Crippen molar-refractivity contribution in [3.8, 4) is 5.69 Å². The molecule has 1 N–H and O–H groups in total. The first-order chi connectivity index (χ1) is 6.79. The highest BCUT2D eigenvalue weighted by molar-refractivity contribution is 5.53. The van der Waals surface area contributed by atoms with Gasteiger partial charge >= 0.3 is 0 Å². The molecule has 1 heterocycles. The summed E-state index contributed by atoms with van der Waals surface area (Å²) in [4.78, 5) is 0. The van der Waals surface area contributed by atoms with Crippen molar-refractivity contribution in [2.45, 2.75) is 6.92 Å². The van der Waals surface area contributed by atoms with Gasteiger partial charge in [-0.15, -0.1) is 0 Å². The Balaban J connectivity index is 2.48. The van der Waals surface area contributed by atoms with Crippen molar-refractivity contribution >= 4 is 5.69 Å². The van der Waals surface area contributed by atoms with Crippen molar-refractivity contribution in [1.29, 1.82) is 0 Å². The van der Waals surface area contributed by atoms with Crippen LogP contribution in [0.4, 0.5) is 5.69 Å². The van der Waals surface area contributed by atoms with E-state index in [0.29, 0.717) is 0 Å². The van der Waals surface area contributed by atoms with E-state index in [9.17, 15) is 0 Å². The van der Waals surface area contributed by atoms with Gasteiger partial charge in [0.15, 0.2) is 0 Å². The molecule has 1 aromatic carbocycles. The highest BCUT2D eigenvalue weighted by Gasteiger charge is 1.99. The maximum Gasteiger partial charge on any atom is 0.0668 e. The first-order valence-corrected chi connectivity index (χ1v) is 4.59. The van der Waals surface area contributed by atoms with Crippen LogP contribution >= 0.6 is 0 Å². The van der Waals surface area contributed by atoms with E-state index in [0.717, 1.165) is 11.4 Å². The summed E-state index contributed by atoms with van der Waals surface area (Å²) in [6.45, 7) is 2.08. The highest BCUT2D eigenvalue weighted by atomic mass is 15.3. The molecule has 2 rings (SSSR count). The number of aryl methyl sites for hydroxylation is 1. The molecular formula is C11H13N3. The van der Waals surface area contributed by atoms with Crippen molar-refractivity contribution in [1.82, 2.24) is 9.78 Å². The van der Waals surface area contributed by atoms with Crippen molar-refractivity contribution < 1.29 is 0 Å². The minimum atomic E-state index is 1.08. The third-order valence-electron chi connectivity index (χ3n) is 2.12. The summed E-state index contributed by atoms with van der Waals surface area (Å²) in [5.41, 5.74) is 3.41. The lowest BCUT2D eigenvalue weighted by Gasteiger charge is -2.06. The van der Waals surface area contributed by atoms with Gasteiger partial charge in [0, 0.05) is 25.1 Å². The fraction of sp³-hybridized carbons (Fsp3) is 0.182. The van der Waals surface area contributed by atoms with Gasteiger partial charge < -0.3 is 5.32 Å². The second-order valence-corrected chi connectivity index (χ2v) is 3.26. The highest BCUT2D eigenvalue weighted by Crippen LogP contribution is 2.16. The standard InChI is InChI=1S/C11H13N3/c1-9-6-10(12-2)8-11(7-9)14-5-3-4-13-14/h3-8,12H,1-2H3. The van der Waals surface area contributed by atoms with Crippen LogP contribution in [0.5, 0.6) is 0 Å². The number of hydrogen-bond acceptors (Lipinski definition) is 2. The Morgan fingerprint density at radius 2 is 2.14 bits per heavy atom. The molecule has 0 amide bonds. The molecule has 0 atom stereocenters. The molecule has 0 saturated heterocycles. The van der Waals surface area contributed by atoms with Crippen LogP contribution < -0.4 is 5.32 Å². The smallest absolute Gasteiger partial charge is 0.0668 e. The van der Waals surface area contributed by atoms with Gasteiger partial charge in [0.25, 0.3) is 0 Å². The van der Waals surface area contributed by atoms with Crippen LogP contribution in [0.2, 0.25) is 0 Å². The summed E-state index contributed by atoms with van der Waals surface area (Å²) >= 11 is 0. The molecule has 14 heavy (non-hydrogen) atoms. The van der Waals surface area contributed by atoms with E-state index in [2.05, 4.69) is 35.5 Å². The molecule has 0 saturated carbocycles. The number of benzene rings is 1. The number of aromatic nitrogens is 2. The van der Waals surface area contributed by atoms with Gasteiger partial charge in [0.05, 0.1) is 5.69 Å². The molecule has 0 aliphatic carbocycles. The fourth-order valence-electron chi connectivity index (χ4n) is 1.46. The molecule has 2 aromatic rings. The lowest BCUT2D eigenvalue weighted by Crippen LogP contribution is -1.97. The van der Waals surface area contributed by atoms with E-state index in [-0.39, 0.29) is 0 Å². The molecular weight excluding hydrogens is 174 g/mol. The maximum absolute atomic E-state index is 4.19. The molecule has 72 valence electrons. The molecule has 0 aliphatic heterocycles. The molecule has 0 bridgehead atoms. The second kappa shape index (κ2) is 3.54. The van der Waals surface area contributed by atoms with E-state index < -0.39 is 0 Å². The van der Waals surface area contributed by atoms with Crippen molar-refractivity contribution in [2.24, 2.45) is 0 Å². The second-order valence-electron chi connectivity index (χ2n) is 3.26. The first kappa shape index (κ1) is 8.81. The van der Waals surface area contributed by atoms with Crippen LogP contribution in [0, 0.1) is 6.92 Å².